The average Bonchev–Trinajstić information content (AvgIpc) is 2.43. The van der Waals surface area contributed by atoms with Gasteiger partial charge >= 0.3 is 5.97 Å². The van der Waals surface area contributed by atoms with Crippen LogP contribution in [0.2, 0.25) is 0 Å². The van der Waals surface area contributed by atoms with E-state index in [-0.39, 0.29) is 24.1 Å². The third-order valence-corrected chi connectivity index (χ3v) is 5.22. The van der Waals surface area contributed by atoms with Gasteiger partial charge in [-0.1, -0.05) is 6.92 Å². The number of thioether (sulfide) groups is 1. The molecule has 1 aromatic carbocycles. The first-order valence-corrected chi connectivity index (χ1v) is 8.31. The molecule has 1 aromatic rings. The van der Waals surface area contributed by atoms with Crippen LogP contribution in [-0.4, -0.2) is 28.3 Å². The van der Waals surface area contributed by atoms with E-state index in [0.717, 1.165) is 24.2 Å². The SMILES string of the molecule is CC(CSc1ccc(F)cc1)C(=O)NC1(CC(=O)O)CCC1. The van der Waals surface area contributed by atoms with Crippen molar-refractivity contribution in [2.75, 3.05) is 5.75 Å². The van der Waals surface area contributed by atoms with E-state index in [4.69, 9.17) is 5.11 Å². The Morgan fingerprint density at radius 1 is 1.36 bits per heavy atom. The fraction of sp³-hybridized carbons (Fsp3) is 0.500. The highest BCUT2D eigenvalue weighted by atomic mass is 32.2. The van der Waals surface area contributed by atoms with Crippen molar-refractivity contribution in [3.63, 3.8) is 0 Å². The van der Waals surface area contributed by atoms with Crippen LogP contribution in [0.4, 0.5) is 4.39 Å². The number of carboxylic acids is 1. The van der Waals surface area contributed by atoms with Gasteiger partial charge in [0, 0.05) is 16.6 Å². The van der Waals surface area contributed by atoms with Crippen molar-refractivity contribution < 1.29 is 19.1 Å². The van der Waals surface area contributed by atoms with E-state index in [2.05, 4.69) is 5.32 Å². The highest BCUT2D eigenvalue weighted by molar-refractivity contribution is 7.99. The highest BCUT2D eigenvalue weighted by Crippen LogP contribution is 2.35. The first-order valence-electron chi connectivity index (χ1n) is 7.32. The van der Waals surface area contributed by atoms with Crippen molar-refractivity contribution in [3.8, 4) is 0 Å². The molecule has 0 aromatic heterocycles. The van der Waals surface area contributed by atoms with E-state index in [1.807, 2.05) is 6.92 Å². The normalized spacial score (nSPS) is 17.4. The van der Waals surface area contributed by atoms with Crippen molar-refractivity contribution >= 4 is 23.6 Å². The van der Waals surface area contributed by atoms with Gasteiger partial charge in [-0.15, -0.1) is 11.8 Å². The van der Waals surface area contributed by atoms with E-state index >= 15 is 0 Å². The van der Waals surface area contributed by atoms with Gasteiger partial charge in [0.15, 0.2) is 0 Å². The molecule has 0 saturated heterocycles. The number of halogens is 1. The standard InChI is InChI=1S/C16H20FNO3S/c1-11(10-22-13-5-3-12(17)4-6-13)15(21)18-16(7-2-8-16)9-14(19)20/h3-6,11H,2,7-10H2,1H3,(H,18,21)(H,19,20). The maximum absolute atomic E-state index is 12.8. The second kappa shape index (κ2) is 7.13. The third kappa shape index (κ3) is 4.47. The van der Waals surface area contributed by atoms with Crippen LogP contribution >= 0.6 is 11.8 Å². The number of nitrogens with one attached hydrogen (secondary N) is 1. The van der Waals surface area contributed by atoms with E-state index in [0.29, 0.717) is 5.75 Å². The smallest absolute Gasteiger partial charge is 0.305 e. The number of amides is 1. The van der Waals surface area contributed by atoms with Crippen LogP contribution in [0.15, 0.2) is 29.2 Å². The van der Waals surface area contributed by atoms with Crippen LogP contribution < -0.4 is 5.32 Å². The van der Waals surface area contributed by atoms with Gasteiger partial charge in [0.25, 0.3) is 0 Å². The van der Waals surface area contributed by atoms with Gasteiger partial charge in [0.2, 0.25) is 5.91 Å². The van der Waals surface area contributed by atoms with E-state index < -0.39 is 11.5 Å². The summed E-state index contributed by atoms with van der Waals surface area (Å²) >= 11 is 1.49. The van der Waals surface area contributed by atoms with Crippen LogP contribution in [0.25, 0.3) is 0 Å². The lowest BCUT2D eigenvalue weighted by atomic mass is 9.74. The molecule has 0 spiro atoms. The molecular weight excluding hydrogens is 305 g/mol. The van der Waals surface area contributed by atoms with Gasteiger partial charge in [-0.05, 0) is 43.5 Å². The van der Waals surface area contributed by atoms with Gasteiger partial charge in [-0.25, -0.2) is 4.39 Å². The Labute approximate surface area is 133 Å². The number of benzene rings is 1. The third-order valence-electron chi connectivity index (χ3n) is 3.95. The molecule has 0 heterocycles. The van der Waals surface area contributed by atoms with Crippen molar-refractivity contribution in [1.82, 2.24) is 5.32 Å². The molecule has 120 valence electrons. The molecule has 2 rings (SSSR count). The predicted molar refractivity (Wildman–Crippen MR) is 83.3 cm³/mol. The minimum atomic E-state index is -0.881. The lowest BCUT2D eigenvalue weighted by Crippen LogP contribution is -2.56. The maximum atomic E-state index is 12.8. The molecule has 1 amide bonds. The number of carboxylic acid groups (broad SMARTS) is 1. The predicted octanol–water partition coefficient (Wildman–Crippen LogP) is 3.07. The fourth-order valence-electron chi connectivity index (χ4n) is 2.45. The molecule has 0 aliphatic heterocycles. The Morgan fingerprint density at radius 2 is 2.00 bits per heavy atom. The summed E-state index contributed by atoms with van der Waals surface area (Å²) in [5, 5.41) is 11.9. The number of rotatable bonds is 7. The molecular formula is C16H20FNO3S. The number of carbonyl (C=O) groups is 2. The summed E-state index contributed by atoms with van der Waals surface area (Å²) in [5.74, 6) is -0.943. The average molecular weight is 325 g/mol. The van der Waals surface area contributed by atoms with Crippen LogP contribution in [0.1, 0.15) is 32.6 Å². The Morgan fingerprint density at radius 3 is 2.50 bits per heavy atom. The summed E-state index contributed by atoms with van der Waals surface area (Å²) in [6.07, 6.45) is 2.38. The molecule has 22 heavy (non-hydrogen) atoms. The zero-order chi connectivity index (χ0) is 16.2. The number of carbonyl (C=O) groups excluding carboxylic acids is 1. The summed E-state index contributed by atoms with van der Waals surface area (Å²) in [6, 6.07) is 6.15. The Balaban J connectivity index is 1.83. The van der Waals surface area contributed by atoms with E-state index in [9.17, 15) is 14.0 Å². The fourth-order valence-corrected chi connectivity index (χ4v) is 3.37. The molecule has 1 saturated carbocycles. The van der Waals surface area contributed by atoms with Gasteiger partial charge < -0.3 is 10.4 Å². The van der Waals surface area contributed by atoms with E-state index in [1.54, 1.807) is 12.1 Å². The zero-order valence-corrected chi connectivity index (χ0v) is 13.3. The topological polar surface area (TPSA) is 66.4 Å². The van der Waals surface area contributed by atoms with Crippen molar-refractivity contribution in [3.05, 3.63) is 30.1 Å². The first kappa shape index (κ1) is 16.8. The number of hydrogen-bond donors (Lipinski definition) is 2. The maximum Gasteiger partial charge on any atom is 0.305 e. The summed E-state index contributed by atoms with van der Waals surface area (Å²) in [6.45, 7) is 1.82. The molecule has 0 radical (unpaired) electrons. The van der Waals surface area contributed by atoms with Gasteiger partial charge in [0.05, 0.1) is 12.0 Å². The lowest BCUT2D eigenvalue weighted by molar-refractivity contribution is -0.140. The molecule has 1 atom stereocenters. The molecule has 1 aliphatic carbocycles. The molecule has 1 fully saturated rings. The number of aliphatic carboxylic acids is 1. The quantitative estimate of drug-likeness (QED) is 0.756. The molecule has 4 nitrogen and oxygen atoms in total. The van der Waals surface area contributed by atoms with Crippen molar-refractivity contribution in [2.24, 2.45) is 5.92 Å². The summed E-state index contributed by atoms with van der Waals surface area (Å²) in [5.41, 5.74) is -0.558. The summed E-state index contributed by atoms with van der Waals surface area (Å²) < 4.78 is 12.8. The van der Waals surface area contributed by atoms with Crippen molar-refractivity contribution in [2.45, 2.75) is 43.0 Å². The van der Waals surface area contributed by atoms with Gasteiger partial charge in [-0.3, -0.25) is 9.59 Å². The van der Waals surface area contributed by atoms with Gasteiger partial charge in [-0.2, -0.15) is 0 Å². The Bertz CT molecular complexity index is 543. The zero-order valence-electron chi connectivity index (χ0n) is 12.5. The molecule has 1 unspecified atom stereocenters. The largest absolute Gasteiger partial charge is 0.481 e. The summed E-state index contributed by atoms with van der Waals surface area (Å²) in [7, 11) is 0. The lowest BCUT2D eigenvalue weighted by Gasteiger charge is -2.42. The first-order chi connectivity index (χ1) is 10.4. The molecule has 6 heteroatoms. The second-order valence-electron chi connectivity index (χ2n) is 5.86. The minimum absolute atomic E-state index is 0.0173. The van der Waals surface area contributed by atoms with Crippen LogP contribution in [0, 0.1) is 11.7 Å². The van der Waals surface area contributed by atoms with E-state index in [1.165, 1.54) is 23.9 Å². The molecule has 2 N–H and O–H groups in total. The molecule has 0 bridgehead atoms. The van der Waals surface area contributed by atoms with Crippen LogP contribution in [0.3, 0.4) is 0 Å². The van der Waals surface area contributed by atoms with Crippen LogP contribution in [0.5, 0.6) is 0 Å². The second-order valence-corrected chi connectivity index (χ2v) is 6.95. The number of hydrogen-bond acceptors (Lipinski definition) is 3. The summed E-state index contributed by atoms with van der Waals surface area (Å²) in [4.78, 5) is 24.0. The minimum Gasteiger partial charge on any atom is -0.481 e. The Kier molecular flexibility index (Phi) is 5.45. The Hall–Kier alpha value is -1.56. The highest BCUT2D eigenvalue weighted by Gasteiger charge is 2.40. The monoisotopic (exact) mass is 325 g/mol. The van der Waals surface area contributed by atoms with Gasteiger partial charge in [0.1, 0.15) is 5.82 Å². The van der Waals surface area contributed by atoms with Crippen molar-refractivity contribution in [1.29, 1.82) is 0 Å². The van der Waals surface area contributed by atoms with Crippen LogP contribution in [-0.2, 0) is 9.59 Å². The molecule has 1 aliphatic rings.